The first-order valence-electron chi connectivity index (χ1n) is 6.82. The third-order valence-electron chi connectivity index (χ3n) is 3.12. The van der Waals surface area contributed by atoms with E-state index in [0.717, 1.165) is 24.2 Å². The molecule has 0 aliphatic rings. The quantitative estimate of drug-likeness (QED) is 0.635. The fourth-order valence-corrected chi connectivity index (χ4v) is 2.08. The van der Waals surface area contributed by atoms with Gasteiger partial charge in [0, 0.05) is 0 Å². The van der Waals surface area contributed by atoms with Crippen molar-refractivity contribution in [3.63, 3.8) is 0 Å². The predicted molar refractivity (Wildman–Crippen MR) is 82.7 cm³/mol. The van der Waals surface area contributed by atoms with Crippen LogP contribution < -0.4 is 10.5 Å². The molecule has 0 aromatic heterocycles. The largest absolute Gasteiger partial charge is 0.457 e. The van der Waals surface area contributed by atoms with E-state index in [1.54, 1.807) is 0 Å². The van der Waals surface area contributed by atoms with E-state index in [4.69, 9.17) is 15.9 Å². The van der Waals surface area contributed by atoms with Crippen molar-refractivity contribution >= 4 is 5.84 Å². The Kier molecular flexibility index (Phi) is 4.41. The molecule has 3 N–H and O–H groups in total. The van der Waals surface area contributed by atoms with Gasteiger partial charge in [0.25, 0.3) is 0 Å². The second-order valence-corrected chi connectivity index (χ2v) is 4.91. The van der Waals surface area contributed by atoms with Gasteiger partial charge in [-0.2, -0.15) is 0 Å². The summed E-state index contributed by atoms with van der Waals surface area (Å²) in [4.78, 5) is 0. The normalized spacial score (nSPS) is 10.3. The lowest BCUT2D eigenvalue weighted by Gasteiger charge is -2.11. The van der Waals surface area contributed by atoms with Gasteiger partial charge in [-0.15, -0.1) is 0 Å². The molecule has 0 saturated carbocycles. The van der Waals surface area contributed by atoms with Crippen LogP contribution in [-0.2, 0) is 6.42 Å². The fraction of sp³-hybridized carbons (Fsp3) is 0.235. The topological polar surface area (TPSA) is 59.1 Å². The highest BCUT2D eigenvalue weighted by molar-refractivity contribution is 5.97. The maximum Gasteiger partial charge on any atom is 0.138 e. The summed E-state index contributed by atoms with van der Waals surface area (Å²) in [5, 5.41) is 7.63. The molecule has 0 atom stereocenters. The Morgan fingerprint density at radius 3 is 2.45 bits per heavy atom. The minimum Gasteiger partial charge on any atom is -0.457 e. The van der Waals surface area contributed by atoms with Crippen LogP contribution >= 0.6 is 0 Å². The van der Waals surface area contributed by atoms with E-state index in [9.17, 15) is 0 Å². The SMILES string of the molecule is CCCc1ccc(Oc2ccc(C)cc2C(=N)N)cc1. The summed E-state index contributed by atoms with van der Waals surface area (Å²) in [5.74, 6) is 1.40. The third-order valence-corrected chi connectivity index (χ3v) is 3.12. The van der Waals surface area contributed by atoms with Crippen LogP contribution in [0.3, 0.4) is 0 Å². The first kappa shape index (κ1) is 14.1. The van der Waals surface area contributed by atoms with Crippen molar-refractivity contribution in [2.45, 2.75) is 26.7 Å². The Balaban J connectivity index is 2.23. The lowest BCUT2D eigenvalue weighted by atomic mass is 10.1. The van der Waals surface area contributed by atoms with Crippen molar-refractivity contribution in [1.29, 1.82) is 5.41 Å². The standard InChI is InChI=1S/C17H20N2O/c1-3-4-13-6-8-14(9-7-13)20-16-10-5-12(2)11-15(16)17(18)19/h5-11H,3-4H2,1-2H3,(H3,18,19). The summed E-state index contributed by atoms with van der Waals surface area (Å²) in [7, 11) is 0. The summed E-state index contributed by atoms with van der Waals surface area (Å²) in [6, 6.07) is 13.7. The van der Waals surface area contributed by atoms with Crippen LogP contribution in [0.2, 0.25) is 0 Å². The monoisotopic (exact) mass is 268 g/mol. The Morgan fingerprint density at radius 1 is 1.15 bits per heavy atom. The number of benzene rings is 2. The van der Waals surface area contributed by atoms with E-state index in [1.807, 2.05) is 37.3 Å². The van der Waals surface area contributed by atoms with Gasteiger partial charge in [0.05, 0.1) is 5.56 Å². The van der Waals surface area contributed by atoms with E-state index >= 15 is 0 Å². The van der Waals surface area contributed by atoms with Crippen LogP contribution in [0, 0.1) is 12.3 Å². The van der Waals surface area contributed by atoms with Gasteiger partial charge in [-0.3, -0.25) is 5.41 Å². The van der Waals surface area contributed by atoms with Crippen LogP contribution in [0.1, 0.15) is 30.0 Å². The van der Waals surface area contributed by atoms with E-state index in [0.29, 0.717) is 11.3 Å². The highest BCUT2D eigenvalue weighted by atomic mass is 16.5. The molecule has 104 valence electrons. The van der Waals surface area contributed by atoms with Gasteiger partial charge in [-0.1, -0.05) is 37.1 Å². The molecule has 0 bridgehead atoms. The molecule has 2 rings (SSSR count). The van der Waals surface area contributed by atoms with E-state index in [2.05, 4.69) is 19.1 Å². The molecule has 0 aliphatic heterocycles. The first-order valence-corrected chi connectivity index (χ1v) is 6.82. The molecule has 3 heteroatoms. The van der Waals surface area contributed by atoms with Crippen molar-refractivity contribution < 1.29 is 4.74 Å². The zero-order valence-corrected chi connectivity index (χ0v) is 11.9. The Bertz CT molecular complexity index is 603. The van der Waals surface area contributed by atoms with Crippen molar-refractivity contribution in [1.82, 2.24) is 0 Å². The van der Waals surface area contributed by atoms with Gasteiger partial charge in [0.1, 0.15) is 17.3 Å². The lowest BCUT2D eigenvalue weighted by Crippen LogP contribution is -2.12. The minimum absolute atomic E-state index is 0.0197. The van der Waals surface area contributed by atoms with Gasteiger partial charge in [-0.25, -0.2) is 0 Å². The maximum absolute atomic E-state index is 7.63. The van der Waals surface area contributed by atoms with Crippen molar-refractivity contribution in [3.8, 4) is 11.5 Å². The number of hydrogen-bond acceptors (Lipinski definition) is 2. The molecule has 20 heavy (non-hydrogen) atoms. The molecule has 2 aromatic carbocycles. The number of hydrogen-bond donors (Lipinski definition) is 2. The van der Waals surface area contributed by atoms with Crippen LogP contribution in [-0.4, -0.2) is 5.84 Å². The molecule has 2 aromatic rings. The Morgan fingerprint density at radius 2 is 1.85 bits per heavy atom. The van der Waals surface area contributed by atoms with Crippen LogP contribution in [0.5, 0.6) is 11.5 Å². The number of rotatable bonds is 5. The summed E-state index contributed by atoms with van der Waals surface area (Å²) in [5.41, 5.74) is 8.59. The van der Waals surface area contributed by atoms with Crippen LogP contribution in [0.25, 0.3) is 0 Å². The molecule has 0 aliphatic carbocycles. The molecule has 0 fully saturated rings. The zero-order valence-electron chi connectivity index (χ0n) is 11.9. The number of nitrogens with two attached hydrogens (primary N) is 1. The molecule has 0 heterocycles. The van der Waals surface area contributed by atoms with Gasteiger partial charge >= 0.3 is 0 Å². The number of ether oxygens (including phenoxy) is 1. The third kappa shape index (κ3) is 3.38. The summed E-state index contributed by atoms with van der Waals surface area (Å²) in [6.07, 6.45) is 2.20. The summed E-state index contributed by atoms with van der Waals surface area (Å²) >= 11 is 0. The van der Waals surface area contributed by atoms with E-state index in [-0.39, 0.29) is 5.84 Å². The first-order chi connectivity index (χ1) is 9.60. The second-order valence-electron chi connectivity index (χ2n) is 4.91. The molecule has 3 nitrogen and oxygen atoms in total. The number of amidine groups is 1. The predicted octanol–water partition coefficient (Wildman–Crippen LogP) is 4.02. The molecular weight excluding hydrogens is 248 g/mol. The smallest absolute Gasteiger partial charge is 0.138 e. The summed E-state index contributed by atoms with van der Waals surface area (Å²) in [6.45, 7) is 4.13. The van der Waals surface area contributed by atoms with Gasteiger partial charge in [0.15, 0.2) is 0 Å². The molecule has 0 amide bonds. The van der Waals surface area contributed by atoms with E-state index < -0.39 is 0 Å². The van der Waals surface area contributed by atoms with Crippen LogP contribution in [0.4, 0.5) is 0 Å². The van der Waals surface area contributed by atoms with Gasteiger partial charge in [0.2, 0.25) is 0 Å². The lowest BCUT2D eigenvalue weighted by molar-refractivity contribution is 0.481. The molecule has 0 spiro atoms. The Labute approximate surface area is 119 Å². The average Bonchev–Trinajstić information content (AvgIpc) is 2.43. The number of nitrogens with one attached hydrogen (secondary N) is 1. The highest BCUT2D eigenvalue weighted by Crippen LogP contribution is 2.26. The molecule has 0 radical (unpaired) electrons. The highest BCUT2D eigenvalue weighted by Gasteiger charge is 2.08. The molecule has 0 saturated heterocycles. The summed E-state index contributed by atoms with van der Waals surface area (Å²) < 4.78 is 5.84. The minimum atomic E-state index is 0.0197. The zero-order chi connectivity index (χ0) is 14.5. The van der Waals surface area contributed by atoms with Crippen molar-refractivity contribution in [2.75, 3.05) is 0 Å². The molecular formula is C17H20N2O. The maximum atomic E-state index is 7.63. The fourth-order valence-electron chi connectivity index (χ4n) is 2.08. The Hall–Kier alpha value is -2.29. The van der Waals surface area contributed by atoms with Crippen LogP contribution in [0.15, 0.2) is 42.5 Å². The van der Waals surface area contributed by atoms with Crippen molar-refractivity contribution in [3.05, 3.63) is 59.2 Å². The van der Waals surface area contributed by atoms with E-state index in [1.165, 1.54) is 5.56 Å². The number of aryl methyl sites for hydroxylation is 2. The molecule has 0 unspecified atom stereocenters. The number of nitrogen functional groups attached to an aromatic ring is 1. The van der Waals surface area contributed by atoms with Gasteiger partial charge < -0.3 is 10.5 Å². The second kappa shape index (κ2) is 6.24. The average molecular weight is 268 g/mol. The van der Waals surface area contributed by atoms with Crippen molar-refractivity contribution in [2.24, 2.45) is 5.73 Å². The van der Waals surface area contributed by atoms with Gasteiger partial charge in [-0.05, 0) is 43.2 Å².